The Balaban J connectivity index is 1.65. The number of anilines is 2. The van der Waals surface area contributed by atoms with Crippen LogP contribution in [0.1, 0.15) is 49.8 Å². The van der Waals surface area contributed by atoms with Gasteiger partial charge in [0.05, 0.1) is 17.0 Å². The van der Waals surface area contributed by atoms with Crippen molar-refractivity contribution in [3.63, 3.8) is 0 Å². The zero-order valence-electron chi connectivity index (χ0n) is 14.3. The van der Waals surface area contributed by atoms with Gasteiger partial charge in [0.1, 0.15) is 11.4 Å². The molecule has 25 heavy (non-hydrogen) atoms. The smallest absolute Gasteiger partial charge is 0.221 e. The van der Waals surface area contributed by atoms with Crippen LogP contribution in [0.5, 0.6) is 11.8 Å². The lowest BCUT2D eigenvalue weighted by Gasteiger charge is -2.36. The number of aliphatic hydroxyl groups is 2. The molecule has 7 nitrogen and oxygen atoms in total. The highest BCUT2D eigenvalue weighted by Gasteiger charge is 2.41. The van der Waals surface area contributed by atoms with Crippen molar-refractivity contribution in [1.82, 2.24) is 9.55 Å². The predicted molar refractivity (Wildman–Crippen MR) is 94.0 cm³/mol. The van der Waals surface area contributed by atoms with Crippen LogP contribution in [0.4, 0.5) is 11.5 Å². The minimum absolute atomic E-state index is 0.345. The van der Waals surface area contributed by atoms with E-state index in [9.17, 15) is 10.2 Å². The van der Waals surface area contributed by atoms with Crippen molar-refractivity contribution >= 4 is 11.5 Å². The summed E-state index contributed by atoms with van der Waals surface area (Å²) in [4.78, 5) is 4.42. The second-order valence-electron chi connectivity index (χ2n) is 7.30. The summed E-state index contributed by atoms with van der Waals surface area (Å²) >= 11 is 0. The van der Waals surface area contributed by atoms with Gasteiger partial charge in [-0.25, -0.2) is 4.98 Å². The molecule has 0 saturated heterocycles. The Morgan fingerprint density at radius 3 is 2.28 bits per heavy atom. The lowest BCUT2D eigenvalue weighted by molar-refractivity contribution is -0.0421. The Hall–Kier alpha value is -2.25. The van der Waals surface area contributed by atoms with Gasteiger partial charge in [-0.05, 0) is 44.6 Å². The molecule has 2 aliphatic carbocycles. The van der Waals surface area contributed by atoms with Crippen LogP contribution in [0.25, 0.3) is 0 Å². The second kappa shape index (κ2) is 5.37. The van der Waals surface area contributed by atoms with Crippen LogP contribution >= 0.6 is 0 Å². The van der Waals surface area contributed by atoms with E-state index in [1.165, 1.54) is 0 Å². The standard InChI is InChI=1S/C18H24N4O3/c1-22-14(10-11(16(22)20)17(23)6-2-7-17)25-13-5-4-12(19)15(21-13)18(24)8-3-9-18/h4-5,10,23-24H,2-3,6-9,19-20H2,1H3. The Morgan fingerprint density at radius 1 is 1.08 bits per heavy atom. The number of ether oxygens (including phenoxy) is 1. The molecule has 0 spiro atoms. The molecule has 0 radical (unpaired) electrons. The fourth-order valence-electron chi connectivity index (χ4n) is 3.58. The predicted octanol–water partition coefficient (Wildman–Crippen LogP) is 2.12. The van der Waals surface area contributed by atoms with E-state index in [4.69, 9.17) is 16.2 Å². The molecule has 0 aromatic carbocycles. The number of aromatic nitrogens is 2. The monoisotopic (exact) mass is 344 g/mol. The maximum Gasteiger partial charge on any atom is 0.221 e. The lowest BCUT2D eigenvalue weighted by atomic mass is 9.76. The van der Waals surface area contributed by atoms with E-state index < -0.39 is 11.2 Å². The Bertz CT molecular complexity index is 822. The molecule has 0 atom stereocenters. The van der Waals surface area contributed by atoms with Gasteiger partial charge in [0.25, 0.3) is 0 Å². The minimum Gasteiger partial charge on any atom is -0.422 e. The molecule has 0 unspecified atom stereocenters. The second-order valence-corrected chi connectivity index (χ2v) is 7.30. The third-order valence-corrected chi connectivity index (χ3v) is 5.65. The molecule has 2 saturated carbocycles. The molecule has 2 aliphatic rings. The molecule has 134 valence electrons. The fraction of sp³-hybridized carbons (Fsp3) is 0.500. The first-order valence-electron chi connectivity index (χ1n) is 8.68. The molecule has 2 heterocycles. The van der Waals surface area contributed by atoms with Crippen LogP contribution in [0.3, 0.4) is 0 Å². The molecule has 2 aromatic rings. The van der Waals surface area contributed by atoms with E-state index in [-0.39, 0.29) is 0 Å². The summed E-state index contributed by atoms with van der Waals surface area (Å²) in [5, 5.41) is 21.1. The maximum atomic E-state index is 10.6. The average Bonchev–Trinajstić information content (AvgIpc) is 2.81. The highest BCUT2D eigenvalue weighted by Crippen LogP contribution is 2.46. The topological polar surface area (TPSA) is 120 Å². The van der Waals surface area contributed by atoms with Gasteiger partial charge in [0.15, 0.2) is 0 Å². The average molecular weight is 344 g/mol. The summed E-state index contributed by atoms with van der Waals surface area (Å²) in [6, 6.07) is 5.13. The molecule has 2 fully saturated rings. The Kier molecular flexibility index (Phi) is 3.49. The number of nitrogen functional groups attached to an aromatic ring is 2. The lowest BCUT2D eigenvalue weighted by Crippen LogP contribution is -2.35. The van der Waals surface area contributed by atoms with Gasteiger partial charge >= 0.3 is 0 Å². The van der Waals surface area contributed by atoms with E-state index in [0.29, 0.717) is 60.2 Å². The first-order valence-corrected chi connectivity index (χ1v) is 8.68. The van der Waals surface area contributed by atoms with Crippen molar-refractivity contribution < 1.29 is 14.9 Å². The fourth-order valence-corrected chi connectivity index (χ4v) is 3.58. The normalized spacial score (nSPS) is 20.6. The SMILES string of the molecule is Cn1c(Oc2ccc(N)c(C3(O)CCC3)n2)cc(C2(O)CCC2)c1N. The number of rotatable bonds is 4. The molecule has 7 heteroatoms. The van der Waals surface area contributed by atoms with Crippen LogP contribution < -0.4 is 16.2 Å². The van der Waals surface area contributed by atoms with Crippen molar-refractivity contribution in [1.29, 1.82) is 0 Å². The largest absolute Gasteiger partial charge is 0.422 e. The first-order chi connectivity index (χ1) is 11.8. The van der Waals surface area contributed by atoms with Gasteiger partial charge in [-0.15, -0.1) is 0 Å². The van der Waals surface area contributed by atoms with Gasteiger partial charge in [-0.3, -0.25) is 0 Å². The van der Waals surface area contributed by atoms with Crippen LogP contribution in [0.2, 0.25) is 0 Å². The van der Waals surface area contributed by atoms with Gasteiger partial charge < -0.3 is 31.0 Å². The summed E-state index contributed by atoms with van der Waals surface area (Å²) in [6.07, 6.45) is 4.67. The van der Waals surface area contributed by atoms with E-state index in [1.54, 1.807) is 29.8 Å². The highest BCUT2D eigenvalue weighted by molar-refractivity contribution is 5.53. The van der Waals surface area contributed by atoms with E-state index in [0.717, 1.165) is 12.8 Å². The van der Waals surface area contributed by atoms with Crippen molar-refractivity contribution in [2.45, 2.75) is 49.7 Å². The zero-order chi connectivity index (χ0) is 17.8. The van der Waals surface area contributed by atoms with E-state index >= 15 is 0 Å². The summed E-state index contributed by atoms with van der Waals surface area (Å²) in [5.74, 6) is 1.33. The molecular weight excluding hydrogens is 320 g/mol. The Morgan fingerprint density at radius 2 is 1.72 bits per heavy atom. The number of nitrogens with zero attached hydrogens (tertiary/aromatic N) is 2. The van der Waals surface area contributed by atoms with Crippen molar-refractivity contribution in [3.8, 4) is 11.8 Å². The molecular formula is C18H24N4O3. The maximum absolute atomic E-state index is 10.6. The Labute approximate surface area is 146 Å². The van der Waals surface area contributed by atoms with Crippen LogP contribution in [0, 0.1) is 0 Å². The first kappa shape index (κ1) is 16.2. The van der Waals surface area contributed by atoms with Gasteiger partial charge in [-0.2, -0.15) is 0 Å². The van der Waals surface area contributed by atoms with Gasteiger partial charge in [0.2, 0.25) is 11.8 Å². The summed E-state index contributed by atoms with van der Waals surface area (Å²) in [5.41, 5.74) is 12.0. The molecule has 6 N–H and O–H groups in total. The van der Waals surface area contributed by atoms with Crippen LogP contribution in [0.15, 0.2) is 18.2 Å². The summed E-state index contributed by atoms with van der Waals surface area (Å²) in [6.45, 7) is 0. The van der Waals surface area contributed by atoms with Gasteiger partial charge in [-0.1, -0.05) is 0 Å². The van der Waals surface area contributed by atoms with Crippen LogP contribution in [-0.4, -0.2) is 19.8 Å². The summed E-state index contributed by atoms with van der Waals surface area (Å²) in [7, 11) is 1.79. The third-order valence-electron chi connectivity index (χ3n) is 5.65. The van der Waals surface area contributed by atoms with Crippen molar-refractivity contribution in [2.75, 3.05) is 11.5 Å². The van der Waals surface area contributed by atoms with Crippen molar-refractivity contribution in [3.05, 3.63) is 29.5 Å². The summed E-state index contributed by atoms with van der Waals surface area (Å²) < 4.78 is 7.58. The van der Waals surface area contributed by atoms with E-state index in [2.05, 4.69) is 4.98 Å². The van der Waals surface area contributed by atoms with E-state index in [1.807, 2.05) is 0 Å². The van der Waals surface area contributed by atoms with Crippen molar-refractivity contribution in [2.24, 2.45) is 7.05 Å². The minimum atomic E-state index is -0.955. The number of nitrogens with two attached hydrogens (primary N) is 2. The zero-order valence-corrected chi connectivity index (χ0v) is 14.3. The molecule has 4 rings (SSSR count). The number of pyridine rings is 1. The third kappa shape index (κ3) is 2.46. The number of hydrogen-bond donors (Lipinski definition) is 4. The number of hydrogen-bond acceptors (Lipinski definition) is 6. The molecule has 0 aliphatic heterocycles. The van der Waals surface area contributed by atoms with Gasteiger partial charge in [0, 0.05) is 24.7 Å². The van der Waals surface area contributed by atoms with Crippen LogP contribution in [-0.2, 0) is 18.2 Å². The molecule has 2 aromatic heterocycles. The molecule has 0 amide bonds. The highest BCUT2D eigenvalue weighted by atomic mass is 16.5. The molecule has 0 bridgehead atoms. The quantitative estimate of drug-likeness (QED) is 0.674.